The number of rotatable bonds is 5. The molecule has 1 aliphatic rings. The smallest absolute Gasteiger partial charge is 0.216 e. The monoisotopic (exact) mass is 396 g/mol. The summed E-state index contributed by atoms with van der Waals surface area (Å²) in [6, 6.07) is 20.3. The Morgan fingerprint density at radius 1 is 0.964 bits per heavy atom. The summed E-state index contributed by atoms with van der Waals surface area (Å²) in [5.41, 5.74) is 3.91. The summed E-state index contributed by atoms with van der Waals surface area (Å²) < 4.78 is 32.7. The molecule has 6 heteroatoms. The van der Waals surface area contributed by atoms with Gasteiger partial charge in [0.15, 0.2) is 0 Å². The molecule has 0 fully saturated rings. The zero-order valence-corrected chi connectivity index (χ0v) is 16.9. The molecular weight excluding hydrogens is 372 g/mol. The van der Waals surface area contributed by atoms with Gasteiger partial charge in [-0.05, 0) is 25.0 Å². The molecule has 1 aliphatic heterocycles. The first-order valence-corrected chi connectivity index (χ1v) is 11.0. The van der Waals surface area contributed by atoms with Crippen LogP contribution in [0, 0.1) is 0 Å². The minimum atomic E-state index is -3.33. The topological polar surface area (TPSA) is 63.4 Å². The molecule has 28 heavy (non-hydrogen) atoms. The van der Waals surface area contributed by atoms with Gasteiger partial charge in [0.05, 0.1) is 11.2 Å². The second kappa shape index (κ2) is 7.53. The van der Waals surface area contributed by atoms with Crippen LogP contribution in [0.15, 0.2) is 65.2 Å². The number of aromatic nitrogens is 1. The Labute approximate surface area is 166 Å². The zero-order valence-electron chi connectivity index (χ0n) is 16.1. The first-order valence-electron chi connectivity index (χ1n) is 9.54. The van der Waals surface area contributed by atoms with Crippen molar-refractivity contribution in [2.75, 3.05) is 6.54 Å². The second-order valence-electron chi connectivity index (χ2n) is 7.40. The van der Waals surface area contributed by atoms with Gasteiger partial charge in [-0.25, -0.2) is 8.42 Å². The lowest BCUT2D eigenvalue weighted by atomic mass is 9.86. The number of benzene rings is 2. The molecule has 0 atom stereocenters. The number of hydrogen-bond donors (Lipinski definition) is 0. The summed E-state index contributed by atoms with van der Waals surface area (Å²) in [6.07, 6.45) is 0.546. The normalized spacial score (nSPS) is 15.1. The molecule has 2 heterocycles. The van der Waals surface area contributed by atoms with E-state index in [0.29, 0.717) is 19.5 Å². The van der Waals surface area contributed by atoms with Crippen LogP contribution in [0.3, 0.4) is 0 Å². The van der Waals surface area contributed by atoms with E-state index >= 15 is 0 Å². The van der Waals surface area contributed by atoms with Crippen molar-refractivity contribution in [3.63, 3.8) is 0 Å². The molecule has 4 rings (SSSR count). The zero-order chi connectivity index (χ0) is 19.7. The molecule has 3 aromatic rings. The summed E-state index contributed by atoms with van der Waals surface area (Å²) in [5, 5.41) is 3.97. The molecule has 146 valence electrons. The van der Waals surface area contributed by atoms with E-state index in [4.69, 9.17) is 4.52 Å². The van der Waals surface area contributed by atoms with E-state index in [1.165, 1.54) is 0 Å². The fraction of sp³-hybridized carbons (Fsp3) is 0.318. The summed E-state index contributed by atoms with van der Waals surface area (Å²) in [4.78, 5) is 0. The number of sulfonamides is 1. The number of fused-ring (bicyclic) bond motifs is 1. The van der Waals surface area contributed by atoms with Crippen LogP contribution < -0.4 is 0 Å². The molecule has 0 radical (unpaired) electrons. The van der Waals surface area contributed by atoms with Crippen molar-refractivity contribution in [2.45, 2.75) is 38.0 Å². The van der Waals surface area contributed by atoms with E-state index < -0.39 is 15.3 Å². The Morgan fingerprint density at radius 2 is 1.54 bits per heavy atom. The predicted octanol–water partition coefficient (Wildman–Crippen LogP) is 3.95. The molecule has 0 bridgehead atoms. The van der Waals surface area contributed by atoms with Crippen molar-refractivity contribution in [1.82, 2.24) is 9.46 Å². The van der Waals surface area contributed by atoms with Crippen LogP contribution in [-0.4, -0.2) is 29.7 Å². The molecule has 5 nitrogen and oxygen atoms in total. The summed E-state index contributed by atoms with van der Waals surface area (Å²) in [6.45, 7) is 4.18. The Morgan fingerprint density at radius 3 is 2.07 bits per heavy atom. The van der Waals surface area contributed by atoms with E-state index in [9.17, 15) is 8.42 Å². The van der Waals surface area contributed by atoms with Crippen molar-refractivity contribution in [3.05, 3.63) is 88.8 Å². The molecule has 0 amide bonds. The fourth-order valence-corrected chi connectivity index (χ4v) is 5.00. The van der Waals surface area contributed by atoms with E-state index in [1.807, 2.05) is 36.4 Å². The number of hydrogen-bond acceptors (Lipinski definition) is 4. The van der Waals surface area contributed by atoms with Gasteiger partial charge in [0.2, 0.25) is 10.0 Å². The second-order valence-corrected chi connectivity index (χ2v) is 9.89. The van der Waals surface area contributed by atoms with Crippen molar-refractivity contribution < 1.29 is 12.9 Å². The van der Waals surface area contributed by atoms with Gasteiger partial charge < -0.3 is 4.52 Å². The Kier molecular flexibility index (Phi) is 5.08. The summed E-state index contributed by atoms with van der Waals surface area (Å²) >= 11 is 0. The van der Waals surface area contributed by atoms with E-state index in [1.54, 1.807) is 18.2 Å². The third-order valence-electron chi connectivity index (χ3n) is 5.32. The highest BCUT2D eigenvalue weighted by Crippen LogP contribution is 2.36. The van der Waals surface area contributed by atoms with E-state index in [-0.39, 0.29) is 5.92 Å². The van der Waals surface area contributed by atoms with Gasteiger partial charge in [0.25, 0.3) is 0 Å². The van der Waals surface area contributed by atoms with Crippen molar-refractivity contribution in [3.8, 4) is 0 Å². The molecular formula is C22H24N2O3S. The Hall–Kier alpha value is -2.44. The highest BCUT2D eigenvalue weighted by molar-refractivity contribution is 7.89. The van der Waals surface area contributed by atoms with Gasteiger partial charge in [-0.3, -0.25) is 0 Å². The molecule has 0 saturated carbocycles. The fourth-order valence-electron chi connectivity index (χ4n) is 3.75. The van der Waals surface area contributed by atoms with Crippen LogP contribution in [0.2, 0.25) is 0 Å². The van der Waals surface area contributed by atoms with Crippen molar-refractivity contribution >= 4 is 10.0 Å². The quantitative estimate of drug-likeness (QED) is 0.655. The van der Waals surface area contributed by atoms with Crippen LogP contribution in [-0.2, 0) is 23.0 Å². The first-order chi connectivity index (χ1) is 13.5. The maximum atomic E-state index is 12.7. The molecule has 0 spiro atoms. The summed E-state index contributed by atoms with van der Waals surface area (Å²) in [5.74, 6) is 0.693. The molecule has 0 N–H and O–H groups in total. The van der Waals surface area contributed by atoms with Crippen LogP contribution in [0.25, 0.3) is 0 Å². The average molecular weight is 397 g/mol. The van der Waals surface area contributed by atoms with Gasteiger partial charge in [0.1, 0.15) is 11.5 Å². The van der Waals surface area contributed by atoms with Crippen LogP contribution >= 0.6 is 0 Å². The van der Waals surface area contributed by atoms with Gasteiger partial charge in [0, 0.05) is 25.1 Å². The number of nitrogens with zero attached hydrogens (tertiary/aromatic N) is 2. The Bertz CT molecular complexity index is 1000. The molecule has 1 aromatic heterocycles. The van der Waals surface area contributed by atoms with Crippen molar-refractivity contribution in [1.29, 1.82) is 0 Å². The Balaban J connectivity index is 1.80. The lowest BCUT2D eigenvalue weighted by Gasteiger charge is -2.28. The maximum Gasteiger partial charge on any atom is 0.216 e. The molecule has 0 aliphatic carbocycles. The summed E-state index contributed by atoms with van der Waals surface area (Å²) in [7, 11) is -3.33. The first kappa shape index (κ1) is 18.9. The van der Waals surface area contributed by atoms with Crippen LogP contribution in [0.4, 0.5) is 0 Å². The average Bonchev–Trinajstić information content (AvgIpc) is 3.13. The van der Waals surface area contributed by atoms with E-state index in [2.05, 4.69) is 29.4 Å². The van der Waals surface area contributed by atoms with Crippen LogP contribution in [0.1, 0.15) is 47.9 Å². The van der Waals surface area contributed by atoms with Gasteiger partial charge >= 0.3 is 0 Å². The lowest BCUT2D eigenvalue weighted by Crippen LogP contribution is -2.39. The third-order valence-corrected chi connectivity index (χ3v) is 7.54. The van der Waals surface area contributed by atoms with Crippen molar-refractivity contribution in [2.24, 2.45) is 0 Å². The molecule has 0 saturated heterocycles. The minimum Gasteiger partial charge on any atom is -0.361 e. The van der Waals surface area contributed by atoms with E-state index in [0.717, 1.165) is 28.1 Å². The largest absolute Gasteiger partial charge is 0.361 e. The van der Waals surface area contributed by atoms with Gasteiger partial charge in [-0.1, -0.05) is 65.8 Å². The minimum absolute atomic E-state index is 0.100. The standard InChI is InChI=1S/C22H24N2O3S/c1-16(2)28(25,26)24-14-13-20-19(15-24)22(23-27-20)21(17-9-5-3-6-10-17)18-11-7-4-8-12-18/h3-12,16,21H,13-15H2,1-2H3. The predicted molar refractivity (Wildman–Crippen MR) is 109 cm³/mol. The lowest BCUT2D eigenvalue weighted by molar-refractivity contribution is 0.329. The van der Waals surface area contributed by atoms with Crippen LogP contribution in [0.5, 0.6) is 0 Å². The van der Waals surface area contributed by atoms with Gasteiger partial charge in [-0.15, -0.1) is 0 Å². The SMILES string of the molecule is CC(C)S(=O)(=O)N1CCc2onc(C(c3ccccc3)c3ccccc3)c2C1. The highest BCUT2D eigenvalue weighted by Gasteiger charge is 2.35. The maximum absolute atomic E-state index is 12.7. The molecule has 2 aromatic carbocycles. The van der Waals surface area contributed by atoms with Gasteiger partial charge in [-0.2, -0.15) is 4.31 Å². The molecule has 0 unspecified atom stereocenters. The third kappa shape index (κ3) is 3.38. The highest BCUT2D eigenvalue weighted by atomic mass is 32.2.